The van der Waals surface area contributed by atoms with Crippen molar-refractivity contribution in [1.29, 1.82) is 0 Å². The molecule has 1 fully saturated rings. The molecule has 0 radical (unpaired) electrons. The van der Waals surface area contributed by atoms with Crippen LogP contribution >= 0.6 is 0 Å². The number of fused-ring (bicyclic) bond motifs is 1. The molecule has 0 aliphatic heterocycles. The van der Waals surface area contributed by atoms with Gasteiger partial charge in [0.1, 0.15) is 12.7 Å². The largest absolute Gasteiger partial charge is 0.416 e. The molecule has 1 N–H and O–H groups in total. The number of benzene rings is 2. The number of aromatic nitrogens is 4. The Morgan fingerprint density at radius 3 is 2.54 bits per heavy atom. The van der Waals surface area contributed by atoms with Crippen molar-refractivity contribution in [2.75, 3.05) is 0 Å². The van der Waals surface area contributed by atoms with Gasteiger partial charge in [-0.15, -0.1) is 10.2 Å². The molecule has 0 saturated heterocycles. The average Bonchev–Trinajstić information content (AvgIpc) is 3.38. The molecule has 5 rings (SSSR count). The van der Waals surface area contributed by atoms with E-state index in [9.17, 15) is 21.6 Å². The summed E-state index contributed by atoms with van der Waals surface area (Å²) in [5, 5.41) is 8.34. The Balaban J connectivity index is 1.49. The van der Waals surface area contributed by atoms with Crippen molar-refractivity contribution in [1.82, 2.24) is 24.5 Å². The van der Waals surface area contributed by atoms with E-state index in [1.807, 2.05) is 4.57 Å². The summed E-state index contributed by atoms with van der Waals surface area (Å²) in [5.74, 6) is 0. The van der Waals surface area contributed by atoms with Gasteiger partial charge in [-0.1, -0.05) is 12.1 Å². The van der Waals surface area contributed by atoms with Gasteiger partial charge in [-0.3, -0.25) is 4.98 Å². The zero-order chi connectivity index (χ0) is 24.6. The van der Waals surface area contributed by atoms with Crippen molar-refractivity contribution >= 4 is 20.9 Å². The normalized spacial score (nSPS) is 19.2. The minimum absolute atomic E-state index is 0.0229. The molecule has 0 bridgehead atoms. The average molecular weight is 502 g/mol. The Morgan fingerprint density at radius 1 is 0.971 bits per heavy atom. The second kappa shape index (κ2) is 9.04. The number of hydrogen-bond acceptors (Lipinski definition) is 5. The molecule has 2 heterocycles. The third kappa shape index (κ3) is 5.06. The first-order valence-corrected chi connectivity index (χ1v) is 12.6. The predicted molar refractivity (Wildman–Crippen MR) is 124 cm³/mol. The number of nitrogens with zero attached hydrogens (tertiary/aromatic N) is 4. The summed E-state index contributed by atoms with van der Waals surface area (Å²) in [4.78, 5) is 3.81. The van der Waals surface area contributed by atoms with Gasteiger partial charge >= 0.3 is 6.18 Å². The number of alkyl halides is 3. The summed E-state index contributed by atoms with van der Waals surface area (Å²) in [5.41, 5.74) is 0.306. The van der Waals surface area contributed by atoms with Gasteiger partial charge in [0, 0.05) is 23.7 Å². The van der Waals surface area contributed by atoms with Crippen LogP contribution in [0.1, 0.15) is 37.3 Å². The smallest absolute Gasteiger partial charge is 0.317 e. The Labute approximate surface area is 200 Å². The van der Waals surface area contributed by atoms with Gasteiger partial charge in [-0.25, -0.2) is 13.1 Å². The second-order valence-corrected chi connectivity index (χ2v) is 10.4. The third-order valence-electron chi connectivity index (χ3n) is 6.31. The maximum absolute atomic E-state index is 13.7. The van der Waals surface area contributed by atoms with Crippen LogP contribution in [0.25, 0.3) is 22.0 Å². The van der Waals surface area contributed by atoms with Gasteiger partial charge in [-0.05, 0) is 73.2 Å². The molecule has 2 aromatic carbocycles. The first kappa shape index (κ1) is 23.4. The molecule has 2 atom stereocenters. The maximum Gasteiger partial charge on any atom is 0.416 e. The zero-order valence-electron chi connectivity index (χ0n) is 18.5. The van der Waals surface area contributed by atoms with E-state index in [1.54, 1.807) is 49.2 Å². The summed E-state index contributed by atoms with van der Waals surface area (Å²) in [6.45, 7) is 0. The van der Waals surface area contributed by atoms with E-state index in [-0.39, 0.29) is 11.6 Å². The van der Waals surface area contributed by atoms with Crippen LogP contribution in [0, 0.1) is 0 Å². The van der Waals surface area contributed by atoms with Crippen molar-refractivity contribution in [2.45, 2.75) is 48.8 Å². The van der Waals surface area contributed by atoms with Crippen molar-refractivity contribution in [2.24, 2.45) is 0 Å². The highest BCUT2D eigenvalue weighted by Gasteiger charge is 2.34. The van der Waals surface area contributed by atoms with Crippen LogP contribution in [0.4, 0.5) is 13.2 Å². The fourth-order valence-electron chi connectivity index (χ4n) is 4.57. The highest BCUT2D eigenvalue weighted by atomic mass is 32.2. The quantitative estimate of drug-likeness (QED) is 0.417. The van der Waals surface area contributed by atoms with Crippen LogP contribution in [0.15, 0.2) is 72.3 Å². The van der Waals surface area contributed by atoms with Crippen LogP contribution < -0.4 is 4.72 Å². The minimum Gasteiger partial charge on any atom is -0.317 e. The molecule has 182 valence electrons. The second-order valence-electron chi connectivity index (χ2n) is 8.70. The highest BCUT2D eigenvalue weighted by molar-refractivity contribution is 7.89. The van der Waals surface area contributed by atoms with Crippen molar-refractivity contribution in [3.63, 3.8) is 0 Å². The van der Waals surface area contributed by atoms with Gasteiger partial charge in [0.25, 0.3) is 0 Å². The molecule has 1 saturated carbocycles. The Morgan fingerprint density at radius 2 is 1.77 bits per heavy atom. The van der Waals surface area contributed by atoms with E-state index in [1.165, 1.54) is 6.07 Å². The Bertz CT molecular complexity index is 1460. The zero-order valence-corrected chi connectivity index (χ0v) is 19.3. The van der Waals surface area contributed by atoms with E-state index in [2.05, 4.69) is 19.9 Å². The number of sulfonamides is 1. The molecule has 11 heteroatoms. The minimum atomic E-state index is -4.71. The molecule has 0 spiro atoms. The topological polar surface area (TPSA) is 89.8 Å². The van der Waals surface area contributed by atoms with Gasteiger partial charge in [0.15, 0.2) is 0 Å². The number of nitrogens with one attached hydrogen (secondary N) is 1. The fourth-order valence-corrected chi connectivity index (χ4v) is 5.92. The predicted octanol–water partition coefficient (Wildman–Crippen LogP) is 4.97. The first-order valence-electron chi connectivity index (χ1n) is 11.1. The summed E-state index contributed by atoms with van der Waals surface area (Å²) in [6.07, 6.45) is 2.81. The van der Waals surface area contributed by atoms with E-state index < -0.39 is 32.7 Å². The molecule has 2 unspecified atom stereocenters. The van der Waals surface area contributed by atoms with Crippen LogP contribution in [0.5, 0.6) is 0 Å². The van der Waals surface area contributed by atoms with Crippen molar-refractivity contribution in [3.8, 4) is 11.1 Å². The van der Waals surface area contributed by atoms with E-state index in [4.69, 9.17) is 0 Å². The Hall–Kier alpha value is -3.31. The monoisotopic (exact) mass is 501 g/mol. The Kier molecular flexibility index (Phi) is 6.06. The lowest BCUT2D eigenvalue weighted by Crippen LogP contribution is -2.38. The molecule has 35 heavy (non-hydrogen) atoms. The van der Waals surface area contributed by atoms with Crippen LogP contribution in [0.2, 0.25) is 0 Å². The van der Waals surface area contributed by atoms with Gasteiger partial charge in [0.05, 0.1) is 16.0 Å². The van der Waals surface area contributed by atoms with Crippen molar-refractivity contribution < 1.29 is 21.6 Å². The molecular weight excluding hydrogens is 479 g/mol. The SMILES string of the molecule is O=S(=O)(NC1CCCC(n2cnnc2)C1)c1cc(-c2ccc3ncccc3c2)cc(C(F)(F)F)c1. The third-order valence-corrected chi connectivity index (χ3v) is 7.81. The molecule has 7 nitrogen and oxygen atoms in total. The number of rotatable bonds is 5. The first-order chi connectivity index (χ1) is 16.7. The summed E-state index contributed by atoms with van der Waals surface area (Å²) in [6, 6.07) is 11.1. The summed E-state index contributed by atoms with van der Waals surface area (Å²) >= 11 is 0. The van der Waals surface area contributed by atoms with Crippen LogP contribution in [0.3, 0.4) is 0 Å². The molecule has 1 aliphatic carbocycles. The van der Waals surface area contributed by atoms with Gasteiger partial charge < -0.3 is 4.57 Å². The summed E-state index contributed by atoms with van der Waals surface area (Å²) < 4.78 is 72.2. The van der Waals surface area contributed by atoms with Crippen LogP contribution in [-0.4, -0.2) is 34.2 Å². The molecule has 2 aromatic heterocycles. The lowest BCUT2D eigenvalue weighted by molar-refractivity contribution is -0.137. The van der Waals surface area contributed by atoms with Crippen molar-refractivity contribution in [3.05, 3.63) is 72.9 Å². The molecule has 4 aromatic rings. The van der Waals surface area contributed by atoms with Gasteiger partial charge in [0.2, 0.25) is 10.0 Å². The molecule has 0 amide bonds. The fraction of sp³-hybridized carbons (Fsp3) is 0.292. The number of pyridine rings is 1. The molecular formula is C24H22F3N5O2S. The standard InChI is InChI=1S/C24H22F3N5O2S/c25-24(26,27)19-10-18(16-6-7-23-17(9-16)3-2-8-28-23)11-22(12-19)35(33,34)31-20-4-1-5-21(13-20)32-14-29-30-15-32/h2-3,6-12,14-15,20-21,31H,1,4-5,13H2. The van der Waals surface area contributed by atoms with E-state index in [0.29, 0.717) is 30.0 Å². The van der Waals surface area contributed by atoms with Crippen LogP contribution in [-0.2, 0) is 16.2 Å². The number of halogens is 3. The van der Waals surface area contributed by atoms with E-state index in [0.717, 1.165) is 24.3 Å². The van der Waals surface area contributed by atoms with Gasteiger partial charge in [-0.2, -0.15) is 13.2 Å². The van der Waals surface area contributed by atoms with E-state index >= 15 is 0 Å². The highest BCUT2D eigenvalue weighted by Crippen LogP contribution is 2.36. The summed E-state index contributed by atoms with van der Waals surface area (Å²) in [7, 11) is -4.21. The number of hydrogen-bond donors (Lipinski definition) is 1. The lowest BCUT2D eigenvalue weighted by Gasteiger charge is -2.30. The maximum atomic E-state index is 13.7. The molecule has 1 aliphatic rings. The lowest BCUT2D eigenvalue weighted by atomic mass is 9.91.